The zero-order valence-electron chi connectivity index (χ0n) is 17.9. The topological polar surface area (TPSA) is 79.7 Å². The van der Waals surface area contributed by atoms with Gasteiger partial charge in [0.1, 0.15) is 11.4 Å². The average molecular weight is 462 g/mol. The minimum absolute atomic E-state index is 0.189. The van der Waals surface area contributed by atoms with Gasteiger partial charge in [0, 0.05) is 12.0 Å². The largest absolute Gasteiger partial charge is 0.534 e. The maximum Gasteiger partial charge on any atom is 0.534 e. The molecule has 0 aliphatic carbocycles. The van der Waals surface area contributed by atoms with Gasteiger partial charge in [0.2, 0.25) is 5.88 Å². The van der Waals surface area contributed by atoms with Crippen molar-refractivity contribution in [1.82, 2.24) is 9.78 Å². The molecule has 0 bridgehead atoms. The number of halogens is 3. The van der Waals surface area contributed by atoms with Crippen LogP contribution in [0.15, 0.2) is 30.3 Å². The Balaban J connectivity index is 2.12. The molecule has 1 saturated heterocycles. The Hall–Kier alpha value is -2.27. The lowest BCUT2D eigenvalue weighted by Crippen LogP contribution is -2.44. The molecule has 0 amide bonds. The van der Waals surface area contributed by atoms with Gasteiger partial charge in [-0.25, -0.2) is 0 Å². The van der Waals surface area contributed by atoms with E-state index in [2.05, 4.69) is 9.28 Å². The molecule has 1 aliphatic rings. The molecule has 11 heteroatoms. The standard InChI is InChI=1S/C20H25F3N2O5S/c1-18(2)11-13(12-19(3,4)30-18)14-10-17(29-31(26,27)20(21,22)23)25(24-14)15-8-6-7-9-16(15)28-5/h6-10,13H,11-12H2,1-5H3. The van der Waals surface area contributed by atoms with Crippen molar-refractivity contribution in [2.75, 3.05) is 7.11 Å². The van der Waals surface area contributed by atoms with Crippen molar-refractivity contribution in [2.45, 2.75) is 63.2 Å². The Morgan fingerprint density at radius 2 is 1.71 bits per heavy atom. The van der Waals surface area contributed by atoms with Gasteiger partial charge in [0.15, 0.2) is 0 Å². The number of benzene rings is 1. The van der Waals surface area contributed by atoms with Crippen molar-refractivity contribution in [3.8, 4) is 17.3 Å². The van der Waals surface area contributed by atoms with Gasteiger partial charge in [-0.2, -0.15) is 31.4 Å². The molecule has 1 aliphatic heterocycles. The van der Waals surface area contributed by atoms with Gasteiger partial charge in [0.05, 0.1) is 24.0 Å². The number of methoxy groups -OCH3 is 1. The van der Waals surface area contributed by atoms with E-state index in [1.54, 1.807) is 24.3 Å². The van der Waals surface area contributed by atoms with Gasteiger partial charge in [-0.05, 0) is 52.7 Å². The molecule has 3 rings (SSSR count). The highest BCUT2D eigenvalue weighted by molar-refractivity contribution is 7.87. The maximum absolute atomic E-state index is 13.0. The molecule has 0 atom stereocenters. The molecule has 7 nitrogen and oxygen atoms in total. The number of nitrogens with zero attached hydrogens (tertiary/aromatic N) is 2. The summed E-state index contributed by atoms with van der Waals surface area (Å²) in [6.07, 6.45) is 1.09. The summed E-state index contributed by atoms with van der Waals surface area (Å²) < 4.78 is 79.2. The average Bonchev–Trinajstić information content (AvgIpc) is 3.01. The highest BCUT2D eigenvalue weighted by atomic mass is 32.2. The minimum atomic E-state index is -5.89. The highest BCUT2D eigenvalue weighted by Gasteiger charge is 2.49. The fourth-order valence-corrected chi connectivity index (χ4v) is 4.51. The van der Waals surface area contributed by atoms with Crippen molar-refractivity contribution in [3.05, 3.63) is 36.0 Å². The summed E-state index contributed by atoms with van der Waals surface area (Å²) >= 11 is 0. The Kier molecular flexibility index (Phi) is 5.81. The molecule has 172 valence electrons. The van der Waals surface area contributed by atoms with Crippen molar-refractivity contribution < 1.29 is 35.2 Å². The fourth-order valence-electron chi connectivity index (χ4n) is 4.08. The van der Waals surface area contributed by atoms with Gasteiger partial charge >= 0.3 is 15.6 Å². The molecule has 0 spiro atoms. The lowest BCUT2D eigenvalue weighted by Gasteiger charge is -2.44. The number of hydrogen-bond acceptors (Lipinski definition) is 6. The molecule has 31 heavy (non-hydrogen) atoms. The summed E-state index contributed by atoms with van der Waals surface area (Å²) in [4.78, 5) is 0. The van der Waals surface area contributed by atoms with Gasteiger partial charge in [-0.1, -0.05) is 12.1 Å². The predicted molar refractivity (Wildman–Crippen MR) is 107 cm³/mol. The maximum atomic E-state index is 13.0. The second kappa shape index (κ2) is 7.70. The zero-order valence-corrected chi connectivity index (χ0v) is 18.7. The van der Waals surface area contributed by atoms with Crippen LogP contribution in [0.25, 0.3) is 5.69 Å². The van der Waals surface area contributed by atoms with E-state index >= 15 is 0 Å². The molecule has 2 heterocycles. The second-order valence-electron chi connectivity index (χ2n) is 8.70. The van der Waals surface area contributed by atoms with E-state index in [1.165, 1.54) is 13.2 Å². The lowest BCUT2D eigenvalue weighted by atomic mass is 9.79. The monoisotopic (exact) mass is 462 g/mol. The Morgan fingerprint density at radius 1 is 1.13 bits per heavy atom. The Morgan fingerprint density at radius 3 is 2.26 bits per heavy atom. The summed E-state index contributed by atoms with van der Waals surface area (Å²) in [5.41, 5.74) is -5.93. The van der Waals surface area contributed by atoms with Crippen LogP contribution in [0.3, 0.4) is 0 Å². The van der Waals surface area contributed by atoms with Crippen LogP contribution in [0.2, 0.25) is 0 Å². The fraction of sp³-hybridized carbons (Fsp3) is 0.550. The molecular formula is C20H25F3N2O5S. The number of alkyl halides is 3. The van der Waals surface area contributed by atoms with Crippen LogP contribution in [-0.4, -0.2) is 42.0 Å². The first kappa shape index (κ1) is 23.4. The first-order valence-corrected chi connectivity index (χ1v) is 11.0. The second-order valence-corrected chi connectivity index (χ2v) is 10.2. The van der Waals surface area contributed by atoms with E-state index in [-0.39, 0.29) is 11.6 Å². The third-order valence-electron chi connectivity index (χ3n) is 4.93. The Labute approximate surface area is 179 Å². The van der Waals surface area contributed by atoms with E-state index < -0.39 is 32.7 Å². The number of ether oxygens (including phenoxy) is 2. The smallest absolute Gasteiger partial charge is 0.494 e. The van der Waals surface area contributed by atoms with Gasteiger partial charge in [-0.15, -0.1) is 0 Å². The molecule has 1 aromatic carbocycles. The molecule has 0 N–H and O–H groups in total. The highest BCUT2D eigenvalue weighted by Crippen LogP contribution is 2.44. The predicted octanol–water partition coefficient (Wildman–Crippen LogP) is 4.56. The quantitative estimate of drug-likeness (QED) is 0.479. The molecule has 0 radical (unpaired) electrons. The van der Waals surface area contributed by atoms with Gasteiger partial charge in [-0.3, -0.25) is 0 Å². The molecule has 1 fully saturated rings. The van der Waals surface area contributed by atoms with E-state index in [4.69, 9.17) is 9.47 Å². The molecule has 2 aromatic rings. The zero-order chi connectivity index (χ0) is 23.2. The first-order valence-electron chi connectivity index (χ1n) is 9.58. The SMILES string of the molecule is COc1ccccc1-n1nc(C2CC(C)(C)OC(C)(C)C2)cc1OS(=O)(=O)C(F)(F)F. The van der Waals surface area contributed by atoms with Gasteiger partial charge in [0.25, 0.3) is 0 Å². The lowest BCUT2D eigenvalue weighted by molar-refractivity contribution is -0.162. The molecule has 0 saturated carbocycles. The minimum Gasteiger partial charge on any atom is -0.494 e. The number of hydrogen-bond donors (Lipinski definition) is 0. The summed E-state index contributed by atoms with van der Waals surface area (Å²) in [6.45, 7) is 7.68. The summed E-state index contributed by atoms with van der Waals surface area (Å²) in [7, 11) is -4.50. The van der Waals surface area contributed by atoms with Crippen LogP contribution in [0.5, 0.6) is 11.6 Å². The van der Waals surface area contributed by atoms with Crippen molar-refractivity contribution in [2.24, 2.45) is 0 Å². The van der Waals surface area contributed by atoms with Crippen molar-refractivity contribution in [3.63, 3.8) is 0 Å². The number of para-hydroxylation sites is 2. The normalized spacial score (nSPS) is 19.2. The van der Waals surface area contributed by atoms with Crippen LogP contribution in [0.4, 0.5) is 13.2 Å². The third kappa shape index (κ3) is 4.98. The summed E-state index contributed by atoms with van der Waals surface area (Å²) in [5.74, 6) is -0.469. The van der Waals surface area contributed by atoms with Crippen LogP contribution in [-0.2, 0) is 14.9 Å². The van der Waals surface area contributed by atoms with Gasteiger partial charge < -0.3 is 13.7 Å². The van der Waals surface area contributed by atoms with E-state index in [9.17, 15) is 21.6 Å². The third-order valence-corrected chi connectivity index (χ3v) is 5.89. The van der Waals surface area contributed by atoms with E-state index in [0.29, 0.717) is 24.3 Å². The van der Waals surface area contributed by atoms with E-state index in [0.717, 1.165) is 4.68 Å². The summed E-state index contributed by atoms with van der Waals surface area (Å²) in [5, 5.41) is 4.43. The van der Waals surface area contributed by atoms with Crippen LogP contribution in [0, 0.1) is 0 Å². The molecule has 1 aromatic heterocycles. The van der Waals surface area contributed by atoms with Crippen molar-refractivity contribution in [1.29, 1.82) is 0 Å². The molecular weight excluding hydrogens is 437 g/mol. The first-order chi connectivity index (χ1) is 14.1. The van der Waals surface area contributed by atoms with Crippen LogP contribution >= 0.6 is 0 Å². The summed E-state index contributed by atoms with van der Waals surface area (Å²) in [6, 6.07) is 7.66. The van der Waals surface area contributed by atoms with Crippen LogP contribution < -0.4 is 8.92 Å². The van der Waals surface area contributed by atoms with Crippen molar-refractivity contribution >= 4 is 10.1 Å². The van der Waals surface area contributed by atoms with Crippen LogP contribution in [0.1, 0.15) is 52.1 Å². The number of rotatable bonds is 5. The Bertz CT molecular complexity index is 1050. The molecule has 0 unspecified atom stereocenters. The van der Waals surface area contributed by atoms with E-state index in [1.807, 2.05) is 27.7 Å². The number of aromatic nitrogens is 2.